The third kappa shape index (κ3) is 5.07. The van der Waals surface area contributed by atoms with Crippen molar-refractivity contribution in [3.63, 3.8) is 0 Å². The summed E-state index contributed by atoms with van der Waals surface area (Å²) in [7, 11) is 1.79. The number of likely N-dealkylation sites (N-methyl/N-ethyl adjacent to an activating group) is 1. The minimum Gasteiger partial charge on any atom is -0.494 e. The van der Waals surface area contributed by atoms with E-state index < -0.39 is 0 Å². The first kappa shape index (κ1) is 24.1. The van der Waals surface area contributed by atoms with Crippen molar-refractivity contribution in [3.8, 4) is 17.2 Å². The van der Waals surface area contributed by atoms with Crippen LogP contribution in [0.1, 0.15) is 19.4 Å². The lowest BCUT2D eigenvalue weighted by Crippen LogP contribution is -2.31. The fourth-order valence-electron chi connectivity index (χ4n) is 3.22. The number of carbonyl (C=O) groups is 1. The van der Waals surface area contributed by atoms with Gasteiger partial charge in [-0.05, 0) is 96.7 Å². The topological polar surface area (TPSA) is 51.2 Å². The Morgan fingerprint density at radius 3 is 2.41 bits per heavy atom. The molecule has 1 saturated heterocycles. The number of carbonyl (C=O) groups excluding carboxylic acids is 1. The van der Waals surface area contributed by atoms with Crippen LogP contribution < -0.4 is 19.1 Å². The van der Waals surface area contributed by atoms with Crippen LogP contribution in [0.3, 0.4) is 0 Å². The van der Waals surface area contributed by atoms with E-state index in [1.807, 2.05) is 56.3 Å². The average molecular weight is 564 g/mol. The molecule has 8 heteroatoms. The molecular weight excluding hydrogens is 539 g/mol. The Kier molecular flexibility index (Phi) is 8.14. The Morgan fingerprint density at radius 1 is 1.09 bits per heavy atom. The summed E-state index contributed by atoms with van der Waals surface area (Å²) >= 11 is 7.76. The Bertz CT molecular complexity index is 1050. The number of rotatable bonds is 9. The second-order valence-corrected chi connectivity index (χ2v) is 8.33. The molecule has 6 nitrogen and oxygen atoms in total. The van der Waals surface area contributed by atoms with E-state index in [1.54, 1.807) is 18.0 Å². The molecule has 0 aromatic heterocycles. The number of hydrogen-bond acceptors (Lipinski definition) is 5. The highest BCUT2D eigenvalue weighted by molar-refractivity contribution is 14.1. The predicted octanol–water partition coefficient (Wildman–Crippen LogP) is 5.26. The van der Waals surface area contributed by atoms with Crippen molar-refractivity contribution >= 4 is 57.6 Å². The quantitative estimate of drug-likeness (QED) is 0.179. The number of halogens is 1. The second kappa shape index (κ2) is 10.8. The monoisotopic (exact) mass is 564 g/mol. The second-order valence-electron chi connectivity index (χ2n) is 6.80. The van der Waals surface area contributed by atoms with Crippen molar-refractivity contribution in [2.24, 2.45) is 0 Å². The van der Waals surface area contributed by atoms with E-state index in [9.17, 15) is 4.79 Å². The summed E-state index contributed by atoms with van der Waals surface area (Å²) in [5.74, 6) is 1.83. The molecule has 2 aromatic carbocycles. The van der Waals surface area contributed by atoms with E-state index in [0.717, 1.165) is 14.9 Å². The zero-order chi connectivity index (χ0) is 23.3. The average Bonchev–Trinajstić information content (AvgIpc) is 2.97. The third-order valence-electron chi connectivity index (χ3n) is 4.65. The normalized spacial score (nSPS) is 14.8. The van der Waals surface area contributed by atoms with Gasteiger partial charge in [-0.15, -0.1) is 0 Å². The fraction of sp³-hybridized carbons (Fsp3) is 0.250. The number of amides is 1. The van der Waals surface area contributed by atoms with Gasteiger partial charge in [-0.2, -0.15) is 0 Å². The molecule has 168 valence electrons. The van der Waals surface area contributed by atoms with Gasteiger partial charge in [0.05, 0.1) is 22.5 Å². The Hall–Kier alpha value is -2.59. The predicted molar refractivity (Wildman–Crippen MR) is 139 cm³/mol. The van der Waals surface area contributed by atoms with E-state index >= 15 is 0 Å². The Balaban J connectivity index is 1.95. The summed E-state index contributed by atoms with van der Waals surface area (Å²) in [6.45, 7) is 8.98. The van der Waals surface area contributed by atoms with E-state index in [2.05, 4.69) is 29.2 Å². The molecule has 32 heavy (non-hydrogen) atoms. The SMILES string of the molecule is C=CCOc1c(I)cc(/C=C2/C(=O)N(c3ccc(OCC)cc3)C(=S)N2C)cc1OCC. The van der Waals surface area contributed by atoms with Gasteiger partial charge in [0, 0.05) is 7.05 Å². The summed E-state index contributed by atoms with van der Waals surface area (Å²) in [5.41, 5.74) is 1.98. The maximum absolute atomic E-state index is 13.3. The van der Waals surface area contributed by atoms with Crippen LogP contribution >= 0.6 is 34.8 Å². The maximum Gasteiger partial charge on any atom is 0.281 e. The molecule has 0 unspecified atom stereocenters. The molecule has 1 heterocycles. The van der Waals surface area contributed by atoms with Gasteiger partial charge in [-0.1, -0.05) is 12.7 Å². The van der Waals surface area contributed by atoms with Crippen LogP contribution in [0, 0.1) is 3.57 Å². The van der Waals surface area contributed by atoms with Crippen molar-refractivity contribution < 1.29 is 19.0 Å². The van der Waals surface area contributed by atoms with Crippen molar-refractivity contribution in [3.05, 3.63) is 63.9 Å². The van der Waals surface area contributed by atoms with Crippen LogP contribution in [0.15, 0.2) is 54.8 Å². The molecule has 1 aliphatic heterocycles. The highest BCUT2D eigenvalue weighted by atomic mass is 127. The van der Waals surface area contributed by atoms with Crippen LogP contribution in [0.4, 0.5) is 5.69 Å². The lowest BCUT2D eigenvalue weighted by molar-refractivity contribution is -0.114. The van der Waals surface area contributed by atoms with Gasteiger partial charge in [-0.3, -0.25) is 9.69 Å². The molecule has 1 amide bonds. The molecule has 0 aliphatic carbocycles. The smallest absolute Gasteiger partial charge is 0.281 e. The van der Waals surface area contributed by atoms with Crippen molar-refractivity contribution in [1.82, 2.24) is 4.90 Å². The fourth-order valence-corrected chi connectivity index (χ4v) is 4.28. The molecule has 2 aromatic rings. The van der Waals surface area contributed by atoms with Gasteiger partial charge >= 0.3 is 0 Å². The number of ether oxygens (including phenoxy) is 3. The van der Waals surface area contributed by atoms with E-state index in [0.29, 0.717) is 47.8 Å². The minimum atomic E-state index is -0.193. The Morgan fingerprint density at radius 2 is 1.78 bits per heavy atom. The van der Waals surface area contributed by atoms with Gasteiger partial charge in [-0.25, -0.2) is 0 Å². The van der Waals surface area contributed by atoms with Crippen molar-refractivity contribution in [1.29, 1.82) is 0 Å². The van der Waals surface area contributed by atoms with Crippen LogP contribution in [-0.4, -0.2) is 42.8 Å². The van der Waals surface area contributed by atoms with E-state index in [1.165, 1.54) is 4.90 Å². The maximum atomic E-state index is 13.3. The zero-order valence-corrected chi connectivity index (χ0v) is 21.2. The van der Waals surface area contributed by atoms with Crippen molar-refractivity contribution in [2.75, 3.05) is 31.8 Å². The van der Waals surface area contributed by atoms with Crippen LogP contribution in [0.25, 0.3) is 6.08 Å². The highest BCUT2D eigenvalue weighted by Gasteiger charge is 2.36. The van der Waals surface area contributed by atoms with E-state index in [4.69, 9.17) is 26.4 Å². The summed E-state index contributed by atoms with van der Waals surface area (Å²) in [6.07, 6.45) is 3.50. The standard InChI is InChI=1S/C24H25IN2O4S/c1-5-12-31-22-19(25)13-16(15-21(22)30-7-3)14-20-23(28)27(24(32)26(20)4)17-8-10-18(11-9-17)29-6-2/h5,8-11,13-15H,1,6-7,12H2,2-4H3/b20-14-. The number of thiocarbonyl (C=S) groups is 1. The largest absolute Gasteiger partial charge is 0.494 e. The molecule has 0 spiro atoms. The molecule has 0 N–H and O–H groups in total. The first-order chi connectivity index (χ1) is 15.4. The number of hydrogen-bond donors (Lipinski definition) is 0. The molecule has 3 rings (SSSR count). The van der Waals surface area contributed by atoms with Crippen molar-refractivity contribution in [2.45, 2.75) is 13.8 Å². The molecule has 1 aliphatic rings. The van der Waals surface area contributed by atoms with Crippen LogP contribution in [0.5, 0.6) is 17.2 Å². The van der Waals surface area contributed by atoms with Crippen LogP contribution in [-0.2, 0) is 4.79 Å². The number of nitrogens with zero attached hydrogens (tertiary/aromatic N) is 2. The van der Waals surface area contributed by atoms with Gasteiger partial charge in [0.15, 0.2) is 16.6 Å². The summed E-state index contributed by atoms with van der Waals surface area (Å²) in [6, 6.07) is 11.1. The molecule has 0 radical (unpaired) electrons. The van der Waals surface area contributed by atoms with Gasteiger partial charge < -0.3 is 19.1 Å². The Labute approximate surface area is 207 Å². The van der Waals surface area contributed by atoms with E-state index in [-0.39, 0.29) is 5.91 Å². The molecular formula is C24H25IN2O4S. The first-order valence-electron chi connectivity index (χ1n) is 10.2. The van der Waals surface area contributed by atoms with Gasteiger partial charge in [0.2, 0.25) is 0 Å². The first-order valence-corrected chi connectivity index (χ1v) is 11.7. The number of benzene rings is 2. The zero-order valence-electron chi connectivity index (χ0n) is 18.3. The minimum absolute atomic E-state index is 0.193. The summed E-state index contributed by atoms with van der Waals surface area (Å²) in [5, 5.41) is 0.413. The highest BCUT2D eigenvalue weighted by Crippen LogP contribution is 2.36. The lowest BCUT2D eigenvalue weighted by atomic mass is 10.1. The summed E-state index contributed by atoms with van der Waals surface area (Å²) in [4.78, 5) is 16.5. The van der Waals surface area contributed by atoms with Gasteiger partial charge in [0.1, 0.15) is 18.1 Å². The third-order valence-corrected chi connectivity index (χ3v) is 5.91. The molecule has 0 bridgehead atoms. The molecule has 0 saturated carbocycles. The number of anilines is 1. The van der Waals surface area contributed by atoms with Gasteiger partial charge in [0.25, 0.3) is 5.91 Å². The van der Waals surface area contributed by atoms with Crippen LogP contribution in [0.2, 0.25) is 0 Å². The molecule has 1 fully saturated rings. The molecule has 0 atom stereocenters. The summed E-state index contributed by atoms with van der Waals surface area (Å²) < 4.78 is 17.9. The lowest BCUT2D eigenvalue weighted by Gasteiger charge is -2.16.